The van der Waals surface area contributed by atoms with Crippen molar-refractivity contribution in [3.8, 4) is 0 Å². The van der Waals surface area contributed by atoms with Crippen LogP contribution in [0.2, 0.25) is 0 Å². The lowest BCUT2D eigenvalue weighted by atomic mass is 9.94. The summed E-state index contributed by atoms with van der Waals surface area (Å²) in [6.07, 6.45) is 6.65. The van der Waals surface area contributed by atoms with E-state index in [0.717, 1.165) is 32.4 Å². The molecule has 118 valence electrons. The zero-order valence-electron chi connectivity index (χ0n) is 13.7. The van der Waals surface area contributed by atoms with Crippen LogP contribution in [0.25, 0.3) is 0 Å². The summed E-state index contributed by atoms with van der Waals surface area (Å²) in [6.45, 7) is 9.83. The number of methoxy groups -OCH3 is 1. The van der Waals surface area contributed by atoms with Crippen LogP contribution in [0, 0.1) is 0 Å². The third-order valence-corrected chi connectivity index (χ3v) is 4.12. The van der Waals surface area contributed by atoms with Gasteiger partial charge in [-0.3, -0.25) is 10.1 Å². The van der Waals surface area contributed by atoms with Crippen molar-refractivity contribution in [3.63, 3.8) is 0 Å². The Balaban J connectivity index is 2.32. The van der Waals surface area contributed by atoms with Gasteiger partial charge in [0.25, 0.3) is 0 Å². The third kappa shape index (κ3) is 5.80. The van der Waals surface area contributed by atoms with Crippen LogP contribution in [0.15, 0.2) is 0 Å². The van der Waals surface area contributed by atoms with Gasteiger partial charge in [-0.25, -0.2) is 0 Å². The van der Waals surface area contributed by atoms with Crippen molar-refractivity contribution in [1.82, 2.24) is 10.2 Å². The maximum absolute atomic E-state index is 12.0. The first-order chi connectivity index (χ1) is 9.55. The Hall–Kier alpha value is -0.610. The van der Waals surface area contributed by atoms with Crippen molar-refractivity contribution in [2.75, 3.05) is 26.7 Å². The minimum absolute atomic E-state index is 0.120. The van der Waals surface area contributed by atoms with Crippen molar-refractivity contribution < 1.29 is 9.53 Å². The van der Waals surface area contributed by atoms with Crippen LogP contribution in [0.4, 0.5) is 0 Å². The predicted molar refractivity (Wildman–Crippen MR) is 82.8 cm³/mol. The van der Waals surface area contributed by atoms with Crippen LogP contribution in [-0.4, -0.2) is 49.2 Å². The lowest BCUT2D eigenvalue weighted by Gasteiger charge is -2.28. The molecule has 1 aliphatic rings. The van der Waals surface area contributed by atoms with Gasteiger partial charge in [0.15, 0.2) is 0 Å². The number of nitrogens with zero attached hydrogens (tertiary/aromatic N) is 1. The first kappa shape index (κ1) is 17.4. The number of carbonyl (C=O) groups excluding carboxylic acids is 1. The quantitative estimate of drug-likeness (QED) is 0.468. The summed E-state index contributed by atoms with van der Waals surface area (Å²) in [5.41, 5.74) is -0.502. The highest BCUT2D eigenvalue weighted by Gasteiger charge is 2.38. The number of hydrogen-bond acceptors (Lipinski definition) is 4. The maximum Gasteiger partial charge on any atom is 0.325 e. The molecule has 1 atom stereocenters. The second-order valence-electron chi connectivity index (χ2n) is 6.13. The molecule has 20 heavy (non-hydrogen) atoms. The van der Waals surface area contributed by atoms with E-state index in [0.29, 0.717) is 6.04 Å². The van der Waals surface area contributed by atoms with Crippen LogP contribution in [0.3, 0.4) is 0 Å². The van der Waals surface area contributed by atoms with Gasteiger partial charge in [-0.2, -0.15) is 0 Å². The van der Waals surface area contributed by atoms with Gasteiger partial charge in [0, 0.05) is 6.04 Å². The molecular weight excluding hydrogens is 252 g/mol. The number of ether oxygens (including phenoxy) is 1. The van der Waals surface area contributed by atoms with E-state index in [1.807, 2.05) is 6.92 Å². The fourth-order valence-electron chi connectivity index (χ4n) is 2.69. The molecule has 0 aromatic rings. The monoisotopic (exact) mass is 284 g/mol. The van der Waals surface area contributed by atoms with Crippen molar-refractivity contribution in [1.29, 1.82) is 0 Å². The molecule has 1 rings (SSSR count). The molecule has 0 aromatic heterocycles. The Labute approximate surface area is 124 Å². The number of esters is 1. The summed E-state index contributed by atoms with van der Waals surface area (Å²) in [4.78, 5) is 14.5. The van der Waals surface area contributed by atoms with Crippen LogP contribution in [0.1, 0.15) is 59.3 Å². The standard InChI is InChI=1S/C16H32N2O2/c1-5-12-18(6-2)13-8-7-11-16(3,15(19)20-4)17-14-9-10-14/h14,17H,5-13H2,1-4H3. The average molecular weight is 284 g/mol. The van der Waals surface area contributed by atoms with Crippen LogP contribution < -0.4 is 5.32 Å². The molecule has 0 aromatic carbocycles. The number of rotatable bonds is 11. The molecule has 1 N–H and O–H groups in total. The highest BCUT2D eigenvalue weighted by Crippen LogP contribution is 2.26. The van der Waals surface area contributed by atoms with E-state index in [1.165, 1.54) is 32.9 Å². The SMILES string of the molecule is CCCN(CC)CCCCC(C)(NC1CC1)C(=O)OC. The molecule has 1 saturated carbocycles. The third-order valence-electron chi connectivity index (χ3n) is 4.12. The summed E-state index contributed by atoms with van der Waals surface area (Å²) in [5, 5.41) is 3.46. The van der Waals surface area contributed by atoms with E-state index in [1.54, 1.807) is 0 Å². The Kier molecular flexibility index (Phi) is 7.52. The van der Waals surface area contributed by atoms with E-state index < -0.39 is 5.54 Å². The van der Waals surface area contributed by atoms with Crippen LogP contribution in [0.5, 0.6) is 0 Å². The first-order valence-corrected chi connectivity index (χ1v) is 8.14. The van der Waals surface area contributed by atoms with Gasteiger partial charge in [-0.15, -0.1) is 0 Å². The Morgan fingerprint density at radius 3 is 2.50 bits per heavy atom. The van der Waals surface area contributed by atoms with E-state index in [9.17, 15) is 4.79 Å². The van der Waals surface area contributed by atoms with E-state index in [2.05, 4.69) is 24.1 Å². The van der Waals surface area contributed by atoms with E-state index in [4.69, 9.17) is 4.74 Å². The molecular formula is C16H32N2O2. The van der Waals surface area contributed by atoms with Gasteiger partial charge in [-0.1, -0.05) is 13.8 Å². The highest BCUT2D eigenvalue weighted by molar-refractivity contribution is 5.80. The number of nitrogens with one attached hydrogen (secondary N) is 1. The topological polar surface area (TPSA) is 41.6 Å². The Morgan fingerprint density at radius 2 is 2.00 bits per heavy atom. The summed E-state index contributed by atoms with van der Waals surface area (Å²) in [7, 11) is 1.48. The lowest BCUT2D eigenvalue weighted by molar-refractivity contribution is -0.148. The fourth-order valence-corrected chi connectivity index (χ4v) is 2.69. The summed E-state index contributed by atoms with van der Waals surface area (Å²) < 4.78 is 4.97. The van der Waals surface area contributed by atoms with Crippen LogP contribution >= 0.6 is 0 Å². The summed E-state index contributed by atoms with van der Waals surface area (Å²) in [6, 6.07) is 0.520. The molecule has 1 unspecified atom stereocenters. The van der Waals surface area contributed by atoms with Crippen molar-refractivity contribution in [3.05, 3.63) is 0 Å². The summed E-state index contributed by atoms with van der Waals surface area (Å²) in [5.74, 6) is -0.120. The normalized spacial score (nSPS) is 18.1. The van der Waals surface area contributed by atoms with E-state index in [-0.39, 0.29) is 5.97 Å². The van der Waals surface area contributed by atoms with Gasteiger partial charge in [0.05, 0.1) is 7.11 Å². The van der Waals surface area contributed by atoms with Gasteiger partial charge < -0.3 is 9.64 Å². The largest absolute Gasteiger partial charge is 0.468 e. The molecule has 4 nitrogen and oxygen atoms in total. The Bertz CT molecular complexity index is 292. The molecule has 0 bridgehead atoms. The van der Waals surface area contributed by atoms with Crippen molar-refractivity contribution in [2.45, 2.75) is 70.9 Å². The molecule has 0 aliphatic heterocycles. The van der Waals surface area contributed by atoms with Crippen molar-refractivity contribution >= 4 is 5.97 Å². The minimum atomic E-state index is -0.502. The predicted octanol–water partition coefficient (Wildman–Crippen LogP) is 2.57. The highest BCUT2D eigenvalue weighted by atomic mass is 16.5. The van der Waals surface area contributed by atoms with Crippen LogP contribution in [-0.2, 0) is 9.53 Å². The number of hydrogen-bond donors (Lipinski definition) is 1. The first-order valence-electron chi connectivity index (χ1n) is 8.14. The molecule has 4 heteroatoms. The smallest absolute Gasteiger partial charge is 0.325 e. The zero-order valence-corrected chi connectivity index (χ0v) is 13.7. The maximum atomic E-state index is 12.0. The second kappa shape index (κ2) is 8.63. The molecule has 0 heterocycles. The number of unbranched alkanes of at least 4 members (excludes halogenated alkanes) is 1. The average Bonchev–Trinajstić information content (AvgIpc) is 3.25. The lowest BCUT2D eigenvalue weighted by Crippen LogP contribution is -2.51. The van der Waals surface area contributed by atoms with Gasteiger partial charge in [0.1, 0.15) is 5.54 Å². The second-order valence-corrected chi connectivity index (χ2v) is 6.13. The molecule has 0 radical (unpaired) electrons. The van der Waals surface area contributed by atoms with Crippen molar-refractivity contribution in [2.24, 2.45) is 0 Å². The molecule has 0 spiro atoms. The molecule has 0 saturated heterocycles. The zero-order chi connectivity index (χ0) is 15.0. The molecule has 1 fully saturated rings. The minimum Gasteiger partial charge on any atom is -0.468 e. The van der Waals surface area contributed by atoms with E-state index >= 15 is 0 Å². The summed E-state index contributed by atoms with van der Waals surface area (Å²) >= 11 is 0. The molecule has 0 amide bonds. The number of carbonyl (C=O) groups is 1. The van der Waals surface area contributed by atoms with Gasteiger partial charge in [-0.05, 0) is 65.1 Å². The van der Waals surface area contributed by atoms with Gasteiger partial charge >= 0.3 is 5.97 Å². The molecule has 1 aliphatic carbocycles. The Morgan fingerprint density at radius 1 is 1.30 bits per heavy atom. The van der Waals surface area contributed by atoms with Gasteiger partial charge in [0.2, 0.25) is 0 Å². The fraction of sp³-hybridized carbons (Fsp3) is 0.938.